The van der Waals surface area contributed by atoms with Gasteiger partial charge in [0.05, 0.1) is 7.11 Å². The van der Waals surface area contributed by atoms with Crippen molar-refractivity contribution in [3.8, 4) is 5.75 Å². The molecule has 22 heavy (non-hydrogen) atoms. The van der Waals surface area contributed by atoms with Crippen molar-refractivity contribution in [1.82, 2.24) is 0 Å². The topological polar surface area (TPSA) is 68.2 Å². The monoisotopic (exact) mass is 309 g/mol. The Morgan fingerprint density at radius 3 is 2.36 bits per heavy atom. The van der Waals surface area contributed by atoms with E-state index in [1.165, 1.54) is 7.11 Å². The summed E-state index contributed by atoms with van der Waals surface area (Å²) in [5.74, 6) is -0.213. The molecule has 1 aliphatic rings. The van der Waals surface area contributed by atoms with Gasteiger partial charge in [0.1, 0.15) is 11.3 Å². The zero-order valence-corrected chi connectivity index (χ0v) is 13.2. The molecule has 0 amide bonds. The molecule has 6 heteroatoms. The summed E-state index contributed by atoms with van der Waals surface area (Å²) in [5.41, 5.74) is 1.16. The van der Waals surface area contributed by atoms with Crippen LogP contribution in [0.5, 0.6) is 5.75 Å². The van der Waals surface area contributed by atoms with Crippen LogP contribution in [0.4, 0.5) is 5.69 Å². The molecule has 1 fully saturated rings. The maximum absolute atomic E-state index is 11.1. The van der Waals surface area contributed by atoms with Crippen molar-refractivity contribution < 1.29 is 24.1 Å². The van der Waals surface area contributed by atoms with Crippen molar-refractivity contribution in [2.45, 2.75) is 19.1 Å². The molecule has 0 unspecified atom stereocenters. The number of hydrogen-bond donors (Lipinski definition) is 1. The maximum atomic E-state index is 11.1. The van der Waals surface area contributed by atoms with Crippen molar-refractivity contribution >= 4 is 11.7 Å². The predicted octanol–water partition coefficient (Wildman–Crippen LogP) is 2.23. The fraction of sp³-hybridized carbons (Fsp3) is 0.562. The summed E-state index contributed by atoms with van der Waals surface area (Å²) in [6, 6.07) is 5.21. The third-order valence-corrected chi connectivity index (χ3v) is 4.17. The van der Waals surface area contributed by atoms with Crippen LogP contribution in [0.2, 0.25) is 0 Å². The van der Waals surface area contributed by atoms with Crippen LogP contribution in [-0.2, 0) is 9.47 Å². The van der Waals surface area contributed by atoms with Gasteiger partial charge in [-0.3, -0.25) is 0 Å². The number of ether oxygens (including phenoxy) is 3. The molecule has 0 bridgehead atoms. The third-order valence-electron chi connectivity index (χ3n) is 4.17. The van der Waals surface area contributed by atoms with Crippen LogP contribution in [0, 0.1) is 5.92 Å². The molecule has 1 aromatic carbocycles. The SMILES string of the molecule is COc1cc(N2CCC(C(OC)OC)CC2)ccc1C(=O)O. The highest BCUT2D eigenvalue weighted by Gasteiger charge is 2.27. The van der Waals surface area contributed by atoms with E-state index in [0.29, 0.717) is 11.7 Å². The summed E-state index contributed by atoms with van der Waals surface area (Å²) in [5, 5.41) is 9.13. The molecular weight excluding hydrogens is 286 g/mol. The van der Waals surface area contributed by atoms with E-state index in [1.54, 1.807) is 26.4 Å². The van der Waals surface area contributed by atoms with Gasteiger partial charge in [0.25, 0.3) is 0 Å². The van der Waals surface area contributed by atoms with Crippen molar-refractivity contribution in [2.75, 3.05) is 39.3 Å². The smallest absolute Gasteiger partial charge is 0.339 e. The lowest BCUT2D eigenvalue weighted by molar-refractivity contribution is -0.141. The van der Waals surface area contributed by atoms with Gasteiger partial charge >= 0.3 is 5.97 Å². The Kier molecular flexibility index (Phi) is 5.63. The minimum absolute atomic E-state index is 0.161. The first kappa shape index (κ1) is 16.6. The zero-order valence-electron chi connectivity index (χ0n) is 13.2. The standard InChI is InChI=1S/C16H23NO5/c1-20-14-10-12(4-5-13(14)15(18)19)17-8-6-11(7-9-17)16(21-2)22-3/h4-5,10-11,16H,6-9H2,1-3H3,(H,18,19). The average Bonchev–Trinajstić information content (AvgIpc) is 2.56. The number of carboxylic acid groups (broad SMARTS) is 1. The lowest BCUT2D eigenvalue weighted by atomic mass is 9.95. The number of piperidine rings is 1. The third kappa shape index (κ3) is 3.51. The highest BCUT2D eigenvalue weighted by molar-refractivity contribution is 5.91. The highest BCUT2D eigenvalue weighted by atomic mass is 16.7. The molecule has 2 rings (SSSR count). The van der Waals surface area contributed by atoms with Crippen LogP contribution >= 0.6 is 0 Å². The molecule has 1 heterocycles. The van der Waals surface area contributed by atoms with E-state index in [1.807, 2.05) is 6.07 Å². The second-order valence-electron chi connectivity index (χ2n) is 5.35. The number of carboxylic acids is 1. The Morgan fingerprint density at radius 2 is 1.86 bits per heavy atom. The van der Waals surface area contributed by atoms with Crippen LogP contribution < -0.4 is 9.64 Å². The average molecular weight is 309 g/mol. The van der Waals surface area contributed by atoms with Crippen molar-refractivity contribution in [3.05, 3.63) is 23.8 Å². The van der Waals surface area contributed by atoms with Crippen molar-refractivity contribution in [3.63, 3.8) is 0 Å². The molecule has 1 saturated heterocycles. The van der Waals surface area contributed by atoms with E-state index in [9.17, 15) is 4.79 Å². The Morgan fingerprint density at radius 1 is 1.23 bits per heavy atom. The predicted molar refractivity (Wildman–Crippen MR) is 82.7 cm³/mol. The number of benzene rings is 1. The molecule has 122 valence electrons. The lowest BCUT2D eigenvalue weighted by Crippen LogP contribution is -2.39. The number of anilines is 1. The van der Waals surface area contributed by atoms with E-state index in [-0.39, 0.29) is 11.9 Å². The van der Waals surface area contributed by atoms with Crippen LogP contribution in [0.3, 0.4) is 0 Å². The molecule has 0 atom stereocenters. The van der Waals surface area contributed by atoms with E-state index < -0.39 is 5.97 Å². The summed E-state index contributed by atoms with van der Waals surface area (Å²) < 4.78 is 15.8. The fourth-order valence-electron chi connectivity index (χ4n) is 2.96. The Bertz CT molecular complexity index is 507. The normalized spacial score (nSPS) is 16.1. The molecule has 0 spiro atoms. The first-order valence-electron chi connectivity index (χ1n) is 7.32. The molecule has 0 saturated carbocycles. The minimum atomic E-state index is -0.981. The molecule has 6 nitrogen and oxygen atoms in total. The molecule has 0 radical (unpaired) electrons. The van der Waals surface area contributed by atoms with Crippen LogP contribution in [0.25, 0.3) is 0 Å². The first-order chi connectivity index (χ1) is 10.6. The van der Waals surface area contributed by atoms with Gasteiger partial charge in [-0.1, -0.05) is 0 Å². The van der Waals surface area contributed by atoms with Crippen LogP contribution in [0.15, 0.2) is 18.2 Å². The van der Waals surface area contributed by atoms with Gasteiger partial charge in [-0.2, -0.15) is 0 Å². The summed E-state index contributed by atoms with van der Waals surface area (Å²) >= 11 is 0. The number of methoxy groups -OCH3 is 3. The van der Waals surface area contributed by atoms with Gasteiger partial charge in [0, 0.05) is 45.0 Å². The van der Waals surface area contributed by atoms with Gasteiger partial charge < -0.3 is 24.2 Å². The molecule has 1 aliphatic heterocycles. The van der Waals surface area contributed by atoms with E-state index in [0.717, 1.165) is 31.6 Å². The Balaban J connectivity index is 2.07. The highest BCUT2D eigenvalue weighted by Crippen LogP contribution is 2.30. The second-order valence-corrected chi connectivity index (χ2v) is 5.35. The second kappa shape index (κ2) is 7.47. The fourth-order valence-corrected chi connectivity index (χ4v) is 2.96. The van der Waals surface area contributed by atoms with E-state index in [4.69, 9.17) is 19.3 Å². The molecular formula is C16H23NO5. The van der Waals surface area contributed by atoms with Gasteiger partial charge in [-0.15, -0.1) is 0 Å². The number of hydrogen-bond acceptors (Lipinski definition) is 5. The summed E-state index contributed by atoms with van der Waals surface area (Å²) in [4.78, 5) is 13.4. The summed E-state index contributed by atoms with van der Waals surface area (Å²) in [7, 11) is 4.81. The summed E-state index contributed by atoms with van der Waals surface area (Å²) in [6.45, 7) is 1.76. The van der Waals surface area contributed by atoms with Crippen molar-refractivity contribution in [2.24, 2.45) is 5.92 Å². The zero-order chi connectivity index (χ0) is 16.1. The maximum Gasteiger partial charge on any atom is 0.339 e. The molecule has 1 N–H and O–H groups in total. The van der Waals surface area contributed by atoms with Gasteiger partial charge in [-0.25, -0.2) is 4.79 Å². The molecule has 0 aromatic heterocycles. The summed E-state index contributed by atoms with van der Waals surface area (Å²) in [6.07, 6.45) is 1.77. The van der Waals surface area contributed by atoms with Gasteiger partial charge in [0.15, 0.2) is 6.29 Å². The van der Waals surface area contributed by atoms with Gasteiger partial charge in [0.2, 0.25) is 0 Å². The number of carbonyl (C=O) groups is 1. The van der Waals surface area contributed by atoms with E-state index >= 15 is 0 Å². The minimum Gasteiger partial charge on any atom is -0.496 e. The van der Waals surface area contributed by atoms with Crippen LogP contribution in [0.1, 0.15) is 23.2 Å². The van der Waals surface area contributed by atoms with E-state index in [2.05, 4.69) is 4.90 Å². The Labute approximate surface area is 130 Å². The number of rotatable bonds is 6. The number of nitrogens with zero attached hydrogens (tertiary/aromatic N) is 1. The first-order valence-corrected chi connectivity index (χ1v) is 7.32. The van der Waals surface area contributed by atoms with Crippen LogP contribution in [-0.4, -0.2) is 51.8 Å². The lowest BCUT2D eigenvalue weighted by Gasteiger charge is -2.36. The quantitative estimate of drug-likeness (QED) is 0.813. The molecule has 0 aliphatic carbocycles. The van der Waals surface area contributed by atoms with Gasteiger partial charge in [-0.05, 0) is 25.0 Å². The molecule has 1 aromatic rings. The van der Waals surface area contributed by atoms with Crippen molar-refractivity contribution in [1.29, 1.82) is 0 Å². The largest absolute Gasteiger partial charge is 0.496 e. The number of aromatic carboxylic acids is 1. The Hall–Kier alpha value is -1.79.